The number of carbonyl (C=O) groups is 2. The third-order valence-electron chi connectivity index (χ3n) is 4.63. The van der Waals surface area contributed by atoms with Crippen LogP contribution in [0.15, 0.2) is 48.6 Å². The zero-order valence-electron chi connectivity index (χ0n) is 16.0. The molecule has 0 spiro atoms. The van der Waals surface area contributed by atoms with Crippen LogP contribution in [0.1, 0.15) is 51.9 Å². The number of aliphatic carboxylic acids is 1. The van der Waals surface area contributed by atoms with Crippen LogP contribution < -0.4 is 0 Å². The van der Waals surface area contributed by atoms with Crippen LogP contribution in [0.2, 0.25) is 0 Å². The second-order valence-electron chi connectivity index (χ2n) is 6.84. The van der Waals surface area contributed by atoms with Gasteiger partial charge in [0.15, 0.2) is 0 Å². The fourth-order valence-corrected chi connectivity index (χ4v) is 3.15. The first-order valence-corrected chi connectivity index (χ1v) is 9.69. The smallest absolute Gasteiger partial charge is 0.303 e. The van der Waals surface area contributed by atoms with Gasteiger partial charge in [0.25, 0.3) is 0 Å². The van der Waals surface area contributed by atoms with Crippen molar-refractivity contribution in [2.75, 3.05) is 0 Å². The standard InChI is InChI=1S/C22H32O5/c1-2-3-4-5-6-7-8-9-10-11-17(23)12-13-18-19(14-15-22(26)27)21(25)16-20(18)24/h3-4,6-7,9-10,12-13,17-19,21,23,25H,2,5,8,11,14-16H2,1H3,(H,26,27)/b4-3-,7-6+,10-9-,13-12+/t17-,18-,19+,21+/m1/s1. The van der Waals surface area contributed by atoms with Gasteiger partial charge in [-0.15, -0.1) is 0 Å². The molecule has 5 nitrogen and oxygen atoms in total. The summed E-state index contributed by atoms with van der Waals surface area (Å²) in [7, 11) is 0. The Bertz CT molecular complexity index is 573. The molecule has 27 heavy (non-hydrogen) atoms. The van der Waals surface area contributed by atoms with Gasteiger partial charge in [-0.25, -0.2) is 0 Å². The monoisotopic (exact) mass is 376 g/mol. The van der Waals surface area contributed by atoms with E-state index in [9.17, 15) is 19.8 Å². The second kappa shape index (κ2) is 13.2. The van der Waals surface area contributed by atoms with E-state index in [-0.39, 0.29) is 31.0 Å². The summed E-state index contributed by atoms with van der Waals surface area (Å²) in [6, 6.07) is 0. The minimum atomic E-state index is -0.940. The summed E-state index contributed by atoms with van der Waals surface area (Å²) in [6.07, 6.45) is 17.5. The van der Waals surface area contributed by atoms with Crippen molar-refractivity contribution in [3.63, 3.8) is 0 Å². The molecule has 0 saturated heterocycles. The molecule has 1 saturated carbocycles. The first-order chi connectivity index (χ1) is 13.0. The molecule has 5 heteroatoms. The predicted octanol–water partition coefficient (Wildman–Crippen LogP) is 3.58. The van der Waals surface area contributed by atoms with Crippen LogP contribution >= 0.6 is 0 Å². The van der Waals surface area contributed by atoms with E-state index in [1.807, 2.05) is 12.2 Å². The first kappa shape index (κ1) is 23.1. The van der Waals surface area contributed by atoms with Gasteiger partial charge in [0.2, 0.25) is 0 Å². The Morgan fingerprint density at radius 2 is 1.78 bits per heavy atom. The van der Waals surface area contributed by atoms with Crippen molar-refractivity contribution in [3.8, 4) is 0 Å². The molecule has 1 aliphatic carbocycles. The Labute approximate surface area is 161 Å². The second-order valence-corrected chi connectivity index (χ2v) is 6.84. The van der Waals surface area contributed by atoms with Crippen molar-refractivity contribution < 1.29 is 24.9 Å². The topological polar surface area (TPSA) is 94.8 Å². The average molecular weight is 376 g/mol. The van der Waals surface area contributed by atoms with E-state index in [1.165, 1.54) is 0 Å². The number of ketones is 1. The van der Waals surface area contributed by atoms with Crippen molar-refractivity contribution in [2.45, 2.75) is 64.1 Å². The Balaban J connectivity index is 2.40. The number of carboxylic acid groups (broad SMARTS) is 1. The molecule has 1 fully saturated rings. The molecule has 4 atom stereocenters. The van der Waals surface area contributed by atoms with Crippen molar-refractivity contribution in [1.82, 2.24) is 0 Å². The minimum Gasteiger partial charge on any atom is -0.481 e. The molecule has 0 aromatic carbocycles. The molecule has 0 amide bonds. The fourth-order valence-electron chi connectivity index (χ4n) is 3.15. The van der Waals surface area contributed by atoms with Crippen LogP contribution in [0, 0.1) is 11.8 Å². The molecule has 0 aromatic heterocycles. The number of aliphatic hydroxyl groups is 2. The highest BCUT2D eigenvalue weighted by atomic mass is 16.4. The Kier molecular flexibility index (Phi) is 11.3. The van der Waals surface area contributed by atoms with E-state index in [0.717, 1.165) is 19.3 Å². The van der Waals surface area contributed by atoms with Crippen molar-refractivity contribution in [3.05, 3.63) is 48.6 Å². The molecule has 3 N–H and O–H groups in total. The molecule has 0 bridgehead atoms. The molecule has 1 rings (SSSR count). The fraction of sp³-hybridized carbons (Fsp3) is 0.545. The Morgan fingerprint density at radius 3 is 2.41 bits per heavy atom. The maximum atomic E-state index is 12.0. The number of carboxylic acids is 1. The number of hydrogen-bond donors (Lipinski definition) is 3. The van der Waals surface area contributed by atoms with Gasteiger partial charge < -0.3 is 15.3 Å². The van der Waals surface area contributed by atoms with Crippen LogP contribution in [-0.2, 0) is 9.59 Å². The van der Waals surface area contributed by atoms with E-state index < -0.39 is 24.1 Å². The van der Waals surface area contributed by atoms with Gasteiger partial charge in [-0.2, -0.15) is 0 Å². The van der Waals surface area contributed by atoms with Crippen molar-refractivity contribution in [1.29, 1.82) is 0 Å². The largest absolute Gasteiger partial charge is 0.481 e. The predicted molar refractivity (Wildman–Crippen MR) is 106 cm³/mol. The molecular formula is C22H32O5. The molecule has 0 unspecified atom stereocenters. The molecular weight excluding hydrogens is 344 g/mol. The summed E-state index contributed by atoms with van der Waals surface area (Å²) in [5.74, 6) is -1.94. The summed E-state index contributed by atoms with van der Waals surface area (Å²) >= 11 is 0. The van der Waals surface area contributed by atoms with Gasteiger partial charge in [-0.1, -0.05) is 55.5 Å². The highest BCUT2D eigenvalue weighted by molar-refractivity contribution is 5.86. The average Bonchev–Trinajstić information content (AvgIpc) is 2.89. The summed E-state index contributed by atoms with van der Waals surface area (Å²) < 4.78 is 0. The lowest BCUT2D eigenvalue weighted by molar-refractivity contribution is -0.137. The van der Waals surface area contributed by atoms with Gasteiger partial charge in [0, 0.05) is 18.8 Å². The molecule has 1 aliphatic rings. The molecule has 0 aliphatic heterocycles. The van der Waals surface area contributed by atoms with Crippen LogP contribution in [0.4, 0.5) is 0 Å². The zero-order chi connectivity index (χ0) is 20.1. The zero-order valence-corrected chi connectivity index (χ0v) is 16.0. The summed E-state index contributed by atoms with van der Waals surface area (Å²) in [5.41, 5.74) is 0. The van der Waals surface area contributed by atoms with Crippen LogP contribution in [0.25, 0.3) is 0 Å². The first-order valence-electron chi connectivity index (χ1n) is 9.69. The van der Waals surface area contributed by atoms with Gasteiger partial charge in [0.1, 0.15) is 5.78 Å². The van der Waals surface area contributed by atoms with Crippen molar-refractivity contribution >= 4 is 11.8 Å². The van der Waals surface area contributed by atoms with Gasteiger partial charge in [0.05, 0.1) is 12.2 Å². The normalized spacial score (nSPS) is 24.9. The lowest BCUT2D eigenvalue weighted by Gasteiger charge is -2.17. The molecule has 0 heterocycles. The van der Waals surface area contributed by atoms with E-state index in [4.69, 9.17) is 5.11 Å². The van der Waals surface area contributed by atoms with Crippen LogP contribution in [0.5, 0.6) is 0 Å². The minimum absolute atomic E-state index is 0.0507. The van der Waals surface area contributed by atoms with Gasteiger partial charge >= 0.3 is 5.97 Å². The summed E-state index contributed by atoms with van der Waals surface area (Å²) in [4.78, 5) is 22.7. The third-order valence-corrected chi connectivity index (χ3v) is 4.63. The number of hydrogen-bond acceptors (Lipinski definition) is 4. The summed E-state index contributed by atoms with van der Waals surface area (Å²) in [5, 5.41) is 28.8. The maximum Gasteiger partial charge on any atom is 0.303 e. The van der Waals surface area contributed by atoms with E-state index >= 15 is 0 Å². The number of allylic oxidation sites excluding steroid dienone is 6. The van der Waals surface area contributed by atoms with Crippen LogP contribution in [-0.4, -0.2) is 39.3 Å². The number of rotatable bonds is 12. The third kappa shape index (κ3) is 9.50. The summed E-state index contributed by atoms with van der Waals surface area (Å²) in [6.45, 7) is 2.10. The van der Waals surface area contributed by atoms with E-state index in [1.54, 1.807) is 12.2 Å². The lowest BCUT2D eigenvalue weighted by Crippen LogP contribution is -2.20. The highest BCUT2D eigenvalue weighted by Gasteiger charge is 2.39. The van der Waals surface area contributed by atoms with E-state index in [2.05, 4.69) is 31.2 Å². The number of aliphatic hydroxyl groups excluding tert-OH is 2. The molecule has 0 aromatic rings. The van der Waals surface area contributed by atoms with E-state index in [0.29, 0.717) is 6.42 Å². The van der Waals surface area contributed by atoms with Gasteiger partial charge in [-0.05, 0) is 38.0 Å². The SMILES string of the molecule is CC/C=C\C/C=C/C/C=C\C[C@@H](O)/C=C/[C@H]1C(=O)C[C@H](O)[C@H]1CCC(=O)O. The lowest BCUT2D eigenvalue weighted by atomic mass is 9.89. The van der Waals surface area contributed by atoms with Crippen molar-refractivity contribution in [2.24, 2.45) is 11.8 Å². The number of Topliss-reactive ketones (excluding diaryl/α,β-unsaturated/α-hetero) is 1. The maximum absolute atomic E-state index is 12.0. The van der Waals surface area contributed by atoms with Crippen LogP contribution in [0.3, 0.4) is 0 Å². The molecule has 150 valence electrons. The molecule has 0 radical (unpaired) electrons. The Morgan fingerprint density at radius 1 is 1.15 bits per heavy atom. The highest BCUT2D eigenvalue weighted by Crippen LogP contribution is 2.34. The number of carbonyl (C=O) groups excluding carboxylic acids is 1. The quantitative estimate of drug-likeness (QED) is 0.453. The Hall–Kier alpha value is -1.98. The van der Waals surface area contributed by atoms with Gasteiger partial charge in [-0.3, -0.25) is 9.59 Å².